The fourth-order valence-corrected chi connectivity index (χ4v) is 0.276. The highest BCUT2D eigenvalue weighted by atomic mass is 32.1. The van der Waals surface area contributed by atoms with Gasteiger partial charge in [0.2, 0.25) is 0 Å². The Labute approximate surface area is 49.1 Å². The molecular formula is C5H8OS. The van der Waals surface area contributed by atoms with Crippen molar-refractivity contribution in [2.45, 2.75) is 0 Å². The van der Waals surface area contributed by atoms with Crippen LogP contribution in [0.1, 0.15) is 0 Å². The van der Waals surface area contributed by atoms with Crippen molar-refractivity contribution in [3.8, 4) is 0 Å². The van der Waals surface area contributed by atoms with E-state index < -0.39 is 0 Å². The molecule has 0 atom stereocenters. The summed E-state index contributed by atoms with van der Waals surface area (Å²) in [6.07, 6.45) is 1.43. The molecule has 0 heterocycles. The van der Waals surface area contributed by atoms with Crippen molar-refractivity contribution in [1.82, 2.24) is 0 Å². The molecule has 0 radical (unpaired) electrons. The van der Waals surface area contributed by atoms with Crippen molar-refractivity contribution in [2.24, 2.45) is 0 Å². The van der Waals surface area contributed by atoms with Crippen LogP contribution in [0, 0.1) is 0 Å². The first-order valence-electron chi connectivity index (χ1n) is 1.98. The summed E-state index contributed by atoms with van der Waals surface area (Å²) in [7, 11) is 0. The van der Waals surface area contributed by atoms with E-state index in [-0.39, 0.29) is 0 Å². The number of thiol groups is 1. The van der Waals surface area contributed by atoms with E-state index in [2.05, 4.69) is 24.9 Å². The molecule has 0 bridgehead atoms. The zero-order valence-corrected chi connectivity index (χ0v) is 4.95. The summed E-state index contributed by atoms with van der Waals surface area (Å²) in [6, 6.07) is 0. The third kappa shape index (κ3) is 5.67. The summed E-state index contributed by atoms with van der Waals surface area (Å²) < 4.78 is 4.76. The standard InChI is InChI=1S/C5H8OS/c1-2-3-6-4-5-7/h3,7H,1,4-5H2. The molecule has 0 saturated carbocycles. The SMILES string of the molecule is C=C=COCCS. The smallest absolute Gasteiger partial charge is 0.124 e. The molecule has 0 rings (SSSR count). The van der Waals surface area contributed by atoms with E-state index in [9.17, 15) is 0 Å². The van der Waals surface area contributed by atoms with Crippen LogP contribution in [0.2, 0.25) is 0 Å². The Hall–Kier alpha value is -0.330. The van der Waals surface area contributed by atoms with Crippen molar-refractivity contribution in [3.63, 3.8) is 0 Å². The van der Waals surface area contributed by atoms with Crippen LogP contribution in [0.4, 0.5) is 0 Å². The number of hydrogen-bond acceptors (Lipinski definition) is 2. The van der Waals surface area contributed by atoms with Crippen molar-refractivity contribution >= 4 is 12.6 Å². The lowest BCUT2D eigenvalue weighted by Crippen LogP contribution is -1.85. The van der Waals surface area contributed by atoms with E-state index in [1.165, 1.54) is 6.26 Å². The van der Waals surface area contributed by atoms with E-state index in [0.717, 1.165) is 5.75 Å². The molecule has 0 aliphatic heterocycles. The number of hydrogen-bond donors (Lipinski definition) is 1. The molecule has 0 fully saturated rings. The fourth-order valence-electron chi connectivity index (χ4n) is 0.171. The van der Waals surface area contributed by atoms with Gasteiger partial charge in [-0.05, 0) is 0 Å². The maximum absolute atomic E-state index is 4.76. The summed E-state index contributed by atoms with van der Waals surface area (Å²) in [5, 5.41) is 0. The summed E-state index contributed by atoms with van der Waals surface area (Å²) in [6.45, 7) is 3.93. The van der Waals surface area contributed by atoms with Gasteiger partial charge in [0.1, 0.15) is 6.26 Å². The van der Waals surface area contributed by atoms with Gasteiger partial charge in [-0.25, -0.2) is 0 Å². The largest absolute Gasteiger partial charge is 0.492 e. The molecule has 2 heteroatoms. The van der Waals surface area contributed by atoms with Gasteiger partial charge in [0, 0.05) is 5.75 Å². The van der Waals surface area contributed by atoms with Gasteiger partial charge < -0.3 is 4.74 Å². The second kappa shape index (κ2) is 5.67. The van der Waals surface area contributed by atoms with Crippen LogP contribution in [0.15, 0.2) is 18.6 Å². The molecule has 0 unspecified atom stereocenters. The third-order valence-corrected chi connectivity index (χ3v) is 0.558. The van der Waals surface area contributed by atoms with E-state index in [1.54, 1.807) is 0 Å². The molecule has 0 aliphatic carbocycles. The average Bonchev–Trinajstić information content (AvgIpc) is 1.69. The molecule has 0 aromatic carbocycles. The second-order valence-electron chi connectivity index (χ2n) is 0.916. The first-order chi connectivity index (χ1) is 3.41. The van der Waals surface area contributed by atoms with Crippen LogP contribution in [0.3, 0.4) is 0 Å². The minimum Gasteiger partial charge on any atom is -0.492 e. The Kier molecular flexibility index (Phi) is 5.40. The molecule has 40 valence electrons. The Bertz CT molecular complexity index is 74.1. The zero-order chi connectivity index (χ0) is 5.54. The lowest BCUT2D eigenvalue weighted by molar-refractivity contribution is 0.274. The summed E-state index contributed by atoms with van der Waals surface area (Å²) >= 11 is 3.90. The van der Waals surface area contributed by atoms with E-state index in [4.69, 9.17) is 4.74 Å². The van der Waals surface area contributed by atoms with Gasteiger partial charge in [-0.15, -0.1) is 0 Å². The highest BCUT2D eigenvalue weighted by Crippen LogP contribution is 1.76. The molecule has 0 spiro atoms. The molecule has 0 amide bonds. The first-order valence-corrected chi connectivity index (χ1v) is 2.62. The van der Waals surface area contributed by atoms with Gasteiger partial charge in [0.15, 0.2) is 0 Å². The summed E-state index contributed by atoms with van der Waals surface area (Å²) in [4.78, 5) is 0. The molecule has 7 heavy (non-hydrogen) atoms. The first kappa shape index (κ1) is 6.67. The van der Waals surface area contributed by atoms with E-state index >= 15 is 0 Å². The van der Waals surface area contributed by atoms with E-state index in [1.807, 2.05) is 0 Å². The Balaban J connectivity index is 2.83. The van der Waals surface area contributed by atoms with Crippen molar-refractivity contribution in [3.05, 3.63) is 18.6 Å². The molecule has 0 saturated heterocycles. The monoisotopic (exact) mass is 116 g/mol. The normalized spacial score (nSPS) is 7.00. The third-order valence-electron chi connectivity index (χ3n) is 0.376. The van der Waals surface area contributed by atoms with Crippen LogP contribution < -0.4 is 0 Å². The maximum Gasteiger partial charge on any atom is 0.124 e. The van der Waals surface area contributed by atoms with Gasteiger partial charge in [0.05, 0.1) is 6.61 Å². The minimum absolute atomic E-state index is 0.631. The minimum atomic E-state index is 0.631. The number of ether oxygens (including phenoxy) is 1. The quantitative estimate of drug-likeness (QED) is 0.252. The average molecular weight is 116 g/mol. The lowest BCUT2D eigenvalue weighted by atomic mass is 10.8. The lowest BCUT2D eigenvalue weighted by Gasteiger charge is -1.89. The van der Waals surface area contributed by atoms with Crippen molar-refractivity contribution in [2.75, 3.05) is 12.4 Å². The topological polar surface area (TPSA) is 9.23 Å². The van der Waals surface area contributed by atoms with Gasteiger partial charge in [-0.2, -0.15) is 12.6 Å². The van der Waals surface area contributed by atoms with Crippen LogP contribution in [-0.2, 0) is 4.74 Å². The van der Waals surface area contributed by atoms with Crippen LogP contribution >= 0.6 is 12.6 Å². The van der Waals surface area contributed by atoms with Crippen LogP contribution in [0.5, 0.6) is 0 Å². The summed E-state index contributed by atoms with van der Waals surface area (Å²) in [5.74, 6) is 0.734. The zero-order valence-electron chi connectivity index (χ0n) is 4.05. The van der Waals surface area contributed by atoms with Gasteiger partial charge in [-0.1, -0.05) is 12.3 Å². The fraction of sp³-hybridized carbons (Fsp3) is 0.400. The van der Waals surface area contributed by atoms with Crippen LogP contribution in [-0.4, -0.2) is 12.4 Å². The maximum atomic E-state index is 4.76. The molecule has 1 nitrogen and oxygen atoms in total. The summed E-state index contributed by atoms with van der Waals surface area (Å²) in [5.41, 5.74) is 2.47. The highest BCUT2D eigenvalue weighted by molar-refractivity contribution is 7.80. The number of rotatable bonds is 3. The van der Waals surface area contributed by atoms with Gasteiger partial charge >= 0.3 is 0 Å². The van der Waals surface area contributed by atoms with Crippen LogP contribution in [0.25, 0.3) is 0 Å². The van der Waals surface area contributed by atoms with Gasteiger partial charge in [0.25, 0.3) is 0 Å². The van der Waals surface area contributed by atoms with Gasteiger partial charge in [-0.3, -0.25) is 0 Å². The predicted molar refractivity (Wildman–Crippen MR) is 33.5 cm³/mol. The Morgan fingerprint density at radius 2 is 2.57 bits per heavy atom. The molecule has 0 aromatic heterocycles. The van der Waals surface area contributed by atoms with Crippen molar-refractivity contribution < 1.29 is 4.74 Å². The Morgan fingerprint density at radius 1 is 1.86 bits per heavy atom. The Morgan fingerprint density at radius 3 is 3.00 bits per heavy atom. The molecule has 0 N–H and O–H groups in total. The second-order valence-corrected chi connectivity index (χ2v) is 1.36. The predicted octanol–water partition coefficient (Wildman–Crippen LogP) is 1.23. The molecule has 0 aliphatic rings. The highest BCUT2D eigenvalue weighted by Gasteiger charge is 1.70. The van der Waals surface area contributed by atoms with E-state index in [0.29, 0.717) is 6.61 Å². The van der Waals surface area contributed by atoms with Crippen molar-refractivity contribution in [1.29, 1.82) is 0 Å². The molecular weight excluding hydrogens is 108 g/mol. The molecule has 0 aromatic rings.